The maximum Gasteiger partial charge on any atom is 0.258 e. The molecule has 4 aromatic rings. The molecule has 1 aromatic heterocycles. The lowest BCUT2D eigenvalue weighted by Gasteiger charge is -2.29. The van der Waals surface area contributed by atoms with Crippen LogP contribution in [0.4, 0.5) is 26.0 Å². The molecule has 3 N–H and O–H groups in total. The second kappa shape index (κ2) is 14.2. The van der Waals surface area contributed by atoms with Crippen LogP contribution in [0.5, 0.6) is 0 Å². The number of rotatable bonds is 11. The van der Waals surface area contributed by atoms with Crippen LogP contribution in [0.1, 0.15) is 47.7 Å². The zero-order chi connectivity index (χ0) is 33.1. The number of nitrogens with zero attached hydrogens (tertiary/aromatic N) is 3. The number of ether oxygens (including phenoxy) is 3. The molecule has 0 bridgehead atoms. The predicted octanol–water partition coefficient (Wildman–Crippen LogP) is 5.55. The molecule has 3 aromatic carbocycles. The molecule has 254 valence electrons. The Labute approximate surface area is 278 Å². The molecule has 3 fully saturated rings. The van der Waals surface area contributed by atoms with Crippen molar-refractivity contribution in [3.8, 4) is 0 Å². The van der Waals surface area contributed by atoms with Crippen LogP contribution in [0.3, 0.4) is 0 Å². The van der Waals surface area contributed by atoms with Gasteiger partial charge in [0.25, 0.3) is 5.91 Å². The van der Waals surface area contributed by atoms with Crippen molar-refractivity contribution >= 4 is 34.0 Å². The number of carbonyl (C=O) groups is 1. The molecule has 4 heterocycles. The summed E-state index contributed by atoms with van der Waals surface area (Å²) in [5.41, 5.74) is 4.41. The first-order chi connectivity index (χ1) is 23.4. The lowest BCUT2D eigenvalue weighted by atomic mass is 10.0. The van der Waals surface area contributed by atoms with Crippen LogP contribution in [0.2, 0.25) is 0 Å². The summed E-state index contributed by atoms with van der Waals surface area (Å²) in [4.78, 5) is 18.6. The Hall–Kier alpha value is -4.10. The van der Waals surface area contributed by atoms with E-state index >= 15 is 0 Å². The number of likely N-dealkylation sites (N-methyl/N-ethyl adjacent to an activating group) is 1. The van der Waals surface area contributed by atoms with E-state index in [4.69, 9.17) is 14.2 Å². The third-order valence-corrected chi connectivity index (χ3v) is 9.54. The molecule has 0 unspecified atom stereocenters. The Balaban J connectivity index is 1.09. The number of halogens is 2. The fraction of sp³-hybridized carbons (Fsp3) is 0.444. The fourth-order valence-electron chi connectivity index (χ4n) is 6.98. The van der Waals surface area contributed by atoms with Gasteiger partial charge in [0.1, 0.15) is 11.6 Å². The third kappa shape index (κ3) is 7.31. The van der Waals surface area contributed by atoms with E-state index in [-0.39, 0.29) is 11.9 Å². The average Bonchev–Trinajstić information content (AvgIpc) is 3.82. The number of carbonyl (C=O) groups excluding carboxylic acids is 1. The number of nitrogens with one attached hydrogen (secondary N) is 3. The van der Waals surface area contributed by atoms with Crippen molar-refractivity contribution in [2.24, 2.45) is 0 Å². The Morgan fingerprint density at radius 1 is 1.02 bits per heavy atom. The number of H-pyrrole nitrogens is 1. The van der Waals surface area contributed by atoms with E-state index in [1.807, 2.05) is 30.3 Å². The molecule has 0 saturated carbocycles. The van der Waals surface area contributed by atoms with Crippen molar-refractivity contribution in [3.05, 3.63) is 82.9 Å². The maximum atomic E-state index is 13.9. The maximum absolute atomic E-state index is 13.9. The van der Waals surface area contributed by atoms with E-state index in [0.29, 0.717) is 55.2 Å². The van der Waals surface area contributed by atoms with Gasteiger partial charge in [-0.05, 0) is 79.8 Å². The van der Waals surface area contributed by atoms with E-state index < -0.39 is 17.4 Å². The van der Waals surface area contributed by atoms with Gasteiger partial charge in [-0.1, -0.05) is 6.07 Å². The molecule has 3 saturated heterocycles. The van der Waals surface area contributed by atoms with Crippen LogP contribution in [-0.2, 0) is 20.6 Å². The lowest BCUT2D eigenvalue weighted by Crippen LogP contribution is -2.38. The number of hydrogen-bond donors (Lipinski definition) is 3. The summed E-state index contributed by atoms with van der Waals surface area (Å²) < 4.78 is 45.0. The Kier molecular flexibility index (Phi) is 9.58. The van der Waals surface area contributed by atoms with Crippen LogP contribution in [-0.4, -0.2) is 92.0 Å². The molecule has 1 amide bonds. The van der Waals surface area contributed by atoms with Crippen molar-refractivity contribution in [2.45, 2.75) is 44.4 Å². The zero-order valence-corrected chi connectivity index (χ0v) is 27.2. The molecule has 3 aliphatic rings. The van der Waals surface area contributed by atoms with Gasteiger partial charge in [-0.3, -0.25) is 14.8 Å². The Morgan fingerprint density at radius 2 is 1.81 bits per heavy atom. The number of aromatic amines is 1. The molecular weight excluding hydrogens is 618 g/mol. The van der Waals surface area contributed by atoms with Gasteiger partial charge in [0.05, 0.1) is 30.8 Å². The molecule has 0 aliphatic carbocycles. The summed E-state index contributed by atoms with van der Waals surface area (Å²) >= 11 is 0. The minimum absolute atomic E-state index is 0.184. The number of fused-ring (bicyclic) bond motifs is 1. The zero-order valence-electron chi connectivity index (χ0n) is 27.2. The number of amides is 1. The molecule has 7 rings (SSSR count). The van der Waals surface area contributed by atoms with Crippen molar-refractivity contribution in [3.63, 3.8) is 0 Å². The summed E-state index contributed by atoms with van der Waals surface area (Å²) in [5, 5.41) is 14.7. The first-order valence-corrected chi connectivity index (χ1v) is 16.8. The smallest absolute Gasteiger partial charge is 0.258 e. The van der Waals surface area contributed by atoms with Gasteiger partial charge < -0.3 is 29.7 Å². The van der Waals surface area contributed by atoms with E-state index in [9.17, 15) is 13.6 Å². The van der Waals surface area contributed by atoms with Crippen LogP contribution < -0.4 is 15.5 Å². The van der Waals surface area contributed by atoms with E-state index in [2.05, 4.69) is 43.6 Å². The molecule has 1 spiro atoms. The quantitative estimate of drug-likeness (QED) is 0.193. The van der Waals surface area contributed by atoms with Crippen molar-refractivity contribution in [1.29, 1.82) is 0 Å². The van der Waals surface area contributed by atoms with Gasteiger partial charge in [-0.15, -0.1) is 0 Å². The standard InChI is InChI=1S/C36H42F2N6O4/c1-2-44(12-11-43-10-9-36(23-43)47-15-16-48-36)29-4-5-30(33(22-29)39-28-7-13-46-14-8-28)35(45)40-34-31-20-24(3-6-32(31)41-42-34)17-25-18-26(37)21-27(38)19-25/h3-6,18-22,28,39H,2,7-17,23H2,1H3,(H2,40,41,42,45). The minimum Gasteiger partial charge on any atom is -0.381 e. The topological polar surface area (TPSA) is 104 Å². The number of aromatic nitrogens is 2. The largest absolute Gasteiger partial charge is 0.381 e. The second-order valence-electron chi connectivity index (χ2n) is 12.8. The van der Waals surface area contributed by atoms with Gasteiger partial charge in [0.15, 0.2) is 11.6 Å². The monoisotopic (exact) mass is 660 g/mol. The van der Waals surface area contributed by atoms with Gasteiger partial charge >= 0.3 is 0 Å². The van der Waals surface area contributed by atoms with Gasteiger partial charge in [0, 0.05) is 74.7 Å². The van der Waals surface area contributed by atoms with Crippen LogP contribution in [0.15, 0.2) is 54.6 Å². The summed E-state index contributed by atoms with van der Waals surface area (Å²) in [7, 11) is 0. The number of anilines is 3. The molecule has 12 heteroatoms. The highest BCUT2D eigenvalue weighted by Crippen LogP contribution is 2.32. The summed E-state index contributed by atoms with van der Waals surface area (Å²) in [6.07, 6.45) is 2.93. The SMILES string of the molecule is CCN(CCN1CCC2(C1)OCCO2)c1ccc(C(=O)Nc2n[nH]c3ccc(Cc4cc(F)cc(F)c4)cc23)c(NC2CCOCC2)c1. The Morgan fingerprint density at radius 3 is 2.58 bits per heavy atom. The molecule has 0 atom stereocenters. The Bertz CT molecular complexity index is 1730. The second-order valence-corrected chi connectivity index (χ2v) is 12.8. The van der Waals surface area contributed by atoms with Crippen LogP contribution >= 0.6 is 0 Å². The summed E-state index contributed by atoms with van der Waals surface area (Å²) in [6, 6.07) is 15.2. The number of likely N-dealkylation sites (tertiary alicyclic amines) is 1. The molecule has 10 nitrogen and oxygen atoms in total. The molecule has 48 heavy (non-hydrogen) atoms. The fourth-order valence-corrected chi connectivity index (χ4v) is 6.98. The molecular formula is C36H42F2N6O4. The highest BCUT2D eigenvalue weighted by atomic mass is 19.1. The van der Waals surface area contributed by atoms with Gasteiger partial charge in [0.2, 0.25) is 0 Å². The minimum atomic E-state index is -0.616. The number of hydrogen-bond acceptors (Lipinski definition) is 8. The first kappa shape index (κ1) is 32.4. The highest BCUT2D eigenvalue weighted by molar-refractivity contribution is 6.11. The van der Waals surface area contributed by atoms with Crippen molar-refractivity contribution in [2.75, 3.05) is 74.7 Å². The highest BCUT2D eigenvalue weighted by Gasteiger charge is 2.43. The molecule has 0 radical (unpaired) electrons. The summed E-state index contributed by atoms with van der Waals surface area (Å²) in [5.74, 6) is -1.57. The van der Waals surface area contributed by atoms with Crippen molar-refractivity contribution < 1.29 is 27.8 Å². The van der Waals surface area contributed by atoms with Crippen LogP contribution in [0.25, 0.3) is 10.9 Å². The van der Waals surface area contributed by atoms with Gasteiger partial charge in [-0.2, -0.15) is 5.10 Å². The number of benzene rings is 3. The first-order valence-electron chi connectivity index (χ1n) is 16.8. The van der Waals surface area contributed by atoms with E-state index in [1.54, 1.807) is 0 Å². The van der Waals surface area contributed by atoms with E-state index in [1.165, 1.54) is 12.1 Å². The van der Waals surface area contributed by atoms with Gasteiger partial charge in [-0.25, -0.2) is 8.78 Å². The molecule has 3 aliphatic heterocycles. The van der Waals surface area contributed by atoms with Crippen molar-refractivity contribution in [1.82, 2.24) is 15.1 Å². The average molecular weight is 661 g/mol. The van der Waals surface area contributed by atoms with Crippen LogP contribution in [0, 0.1) is 11.6 Å². The lowest BCUT2D eigenvalue weighted by molar-refractivity contribution is -0.145. The normalized spacial score (nSPS) is 18.1. The van der Waals surface area contributed by atoms with E-state index in [0.717, 1.165) is 80.5 Å². The summed E-state index contributed by atoms with van der Waals surface area (Å²) in [6.45, 7) is 9.08. The predicted molar refractivity (Wildman–Crippen MR) is 181 cm³/mol. The third-order valence-electron chi connectivity index (χ3n) is 9.54.